The molecular weight excluding hydrogens is 168 g/mol. The van der Waals surface area contributed by atoms with Gasteiger partial charge in [0.1, 0.15) is 0 Å². The Balaban J connectivity index is 3.66. The average Bonchev–Trinajstić information content (AvgIpc) is 1.85. The number of diazo groups is 1. The van der Waals surface area contributed by atoms with Crippen molar-refractivity contribution in [3.05, 3.63) is 20.1 Å². The Morgan fingerprint density at radius 3 is 2.64 bits per heavy atom. The molecule has 0 amide bonds. The smallest absolute Gasteiger partial charge is 0.457 e. The maximum atomic E-state index is 10.7. The van der Waals surface area contributed by atoms with Gasteiger partial charge in [-0.25, -0.2) is 0 Å². The van der Waals surface area contributed by atoms with Crippen molar-refractivity contribution in [2.24, 2.45) is 0 Å². The molecule has 0 aliphatic heterocycles. The van der Waals surface area contributed by atoms with Crippen LogP contribution >= 0.6 is 12.2 Å². The van der Waals surface area contributed by atoms with Crippen LogP contribution in [0.5, 0.6) is 5.88 Å². The molecule has 0 aromatic carbocycles. The number of hydrogen-bond acceptors (Lipinski definition) is 4. The summed E-state index contributed by atoms with van der Waals surface area (Å²) in [6, 6.07) is 0. The van der Waals surface area contributed by atoms with Gasteiger partial charge in [-0.15, -0.1) is 0 Å². The van der Waals surface area contributed by atoms with E-state index in [1.54, 1.807) is 0 Å². The molecule has 1 rings (SSSR count). The Kier molecular flexibility index (Phi) is 1.70. The second-order valence-corrected chi connectivity index (χ2v) is 2.09. The lowest BCUT2D eigenvalue weighted by atomic mass is 10.5. The third-order valence-corrected chi connectivity index (χ3v) is 1.19. The molecule has 7 heteroatoms. The van der Waals surface area contributed by atoms with Crippen LogP contribution in [0.4, 0.5) is 5.69 Å². The van der Waals surface area contributed by atoms with E-state index in [9.17, 15) is 9.90 Å². The highest BCUT2D eigenvalue weighted by atomic mass is 32.1. The summed E-state index contributed by atoms with van der Waals surface area (Å²) in [5.41, 5.74) is -1.40. The average molecular weight is 170 g/mol. The van der Waals surface area contributed by atoms with Crippen LogP contribution in [0, 0.1) is 10.2 Å². The van der Waals surface area contributed by atoms with Gasteiger partial charge in [-0.2, -0.15) is 0 Å². The highest BCUT2D eigenvalue weighted by molar-refractivity contribution is 7.71. The molecule has 0 aliphatic rings. The molecule has 2 N–H and O–H groups in total. The fourth-order valence-electron chi connectivity index (χ4n) is 0.550. The number of H-pyrrole nitrogens is 2. The molecule has 0 fully saturated rings. The van der Waals surface area contributed by atoms with Gasteiger partial charge in [0.05, 0.1) is 5.88 Å². The molecule has 0 bridgehead atoms. The minimum Gasteiger partial charge on any atom is -0.854 e. The molecule has 0 aliphatic carbocycles. The summed E-state index contributed by atoms with van der Waals surface area (Å²) >= 11 is 4.46. The zero-order valence-corrected chi connectivity index (χ0v) is 5.94. The van der Waals surface area contributed by atoms with E-state index in [-0.39, 0.29) is 4.77 Å². The second-order valence-electron chi connectivity index (χ2n) is 1.69. The lowest BCUT2D eigenvalue weighted by Crippen LogP contribution is -2.10. The SMILES string of the molecule is N#[N+]c1c([O-])[nH]c(=S)[nH]c1=O. The van der Waals surface area contributed by atoms with Gasteiger partial charge >= 0.3 is 11.2 Å². The summed E-state index contributed by atoms with van der Waals surface area (Å²) in [6.45, 7) is 0. The van der Waals surface area contributed by atoms with Crippen molar-refractivity contribution in [1.82, 2.24) is 9.97 Å². The molecule has 1 heterocycles. The van der Waals surface area contributed by atoms with Gasteiger partial charge in [0.15, 0.2) is 9.75 Å². The fourth-order valence-corrected chi connectivity index (χ4v) is 0.735. The van der Waals surface area contributed by atoms with E-state index < -0.39 is 17.1 Å². The number of rotatable bonds is 0. The van der Waals surface area contributed by atoms with Crippen molar-refractivity contribution in [2.45, 2.75) is 0 Å². The summed E-state index contributed by atoms with van der Waals surface area (Å²) < 4.78 is -0.0904. The third kappa shape index (κ3) is 1.25. The summed E-state index contributed by atoms with van der Waals surface area (Å²) in [4.78, 5) is 17.3. The normalized spacial score (nSPS) is 9.00. The van der Waals surface area contributed by atoms with E-state index in [2.05, 4.69) is 27.2 Å². The van der Waals surface area contributed by atoms with Gasteiger partial charge in [0.25, 0.3) is 0 Å². The third-order valence-electron chi connectivity index (χ3n) is 0.984. The predicted octanol–water partition coefficient (Wildman–Crippen LogP) is -0.00933. The first-order chi connectivity index (χ1) is 5.15. The standard InChI is InChI=1S/C4H2N4O2S/c5-8-1-2(9)6-4(11)7-3(1)10/h(H2-,6,7,9,10,11). The molecule has 0 atom stereocenters. The van der Waals surface area contributed by atoms with Crippen molar-refractivity contribution < 1.29 is 5.11 Å². The minimum absolute atomic E-state index is 0.0904. The maximum Gasteiger partial charge on any atom is 0.457 e. The number of nitrogens with zero attached hydrogens (tertiary/aromatic N) is 2. The molecule has 0 saturated heterocycles. The number of nitrogens with one attached hydrogen (secondary N) is 2. The summed E-state index contributed by atoms with van der Waals surface area (Å²) in [5, 5.41) is 18.8. The van der Waals surface area contributed by atoms with Crippen LogP contribution < -0.4 is 10.7 Å². The Labute approximate surface area is 65.1 Å². The number of aromatic nitrogens is 2. The van der Waals surface area contributed by atoms with Crippen molar-refractivity contribution in [1.29, 1.82) is 5.39 Å². The van der Waals surface area contributed by atoms with Crippen molar-refractivity contribution in [3.63, 3.8) is 0 Å². The van der Waals surface area contributed by atoms with Crippen molar-refractivity contribution >= 4 is 17.9 Å². The molecule has 11 heavy (non-hydrogen) atoms. The van der Waals surface area contributed by atoms with Crippen LogP contribution in [0.2, 0.25) is 0 Å². The first kappa shape index (κ1) is 7.43. The van der Waals surface area contributed by atoms with Gasteiger partial charge in [-0.05, 0) is 12.2 Å². The van der Waals surface area contributed by atoms with Gasteiger partial charge < -0.3 is 10.1 Å². The van der Waals surface area contributed by atoms with Crippen LogP contribution in [-0.2, 0) is 0 Å². The van der Waals surface area contributed by atoms with Crippen LogP contribution in [0.3, 0.4) is 0 Å². The van der Waals surface area contributed by atoms with E-state index in [1.165, 1.54) is 0 Å². The Morgan fingerprint density at radius 1 is 1.55 bits per heavy atom. The monoisotopic (exact) mass is 170 g/mol. The highest BCUT2D eigenvalue weighted by Crippen LogP contribution is 2.12. The number of aromatic amines is 2. The Hall–Kier alpha value is -1.68. The lowest BCUT2D eigenvalue weighted by molar-refractivity contribution is -0.273. The van der Waals surface area contributed by atoms with Crippen LogP contribution in [-0.4, -0.2) is 9.97 Å². The van der Waals surface area contributed by atoms with Crippen molar-refractivity contribution in [3.8, 4) is 5.88 Å². The molecule has 1 aromatic rings. The molecule has 56 valence electrons. The van der Waals surface area contributed by atoms with Crippen LogP contribution in [0.1, 0.15) is 0 Å². The first-order valence-corrected chi connectivity index (χ1v) is 2.94. The second kappa shape index (κ2) is 2.51. The van der Waals surface area contributed by atoms with E-state index in [0.29, 0.717) is 0 Å². The fraction of sp³-hybridized carbons (Fsp3) is 0. The van der Waals surface area contributed by atoms with Crippen molar-refractivity contribution in [2.75, 3.05) is 0 Å². The Bertz CT molecular complexity index is 425. The molecular formula is C4H2N4O2S. The lowest BCUT2D eigenvalue weighted by Gasteiger charge is -1.96. The molecule has 0 saturated carbocycles. The number of hydrogen-bond donors (Lipinski definition) is 2. The quantitative estimate of drug-likeness (QED) is 0.422. The van der Waals surface area contributed by atoms with E-state index in [0.717, 1.165) is 0 Å². The topological polar surface area (TPSA) is 99.9 Å². The summed E-state index contributed by atoms with van der Waals surface area (Å²) in [7, 11) is 0. The van der Waals surface area contributed by atoms with Crippen LogP contribution in [0.25, 0.3) is 4.98 Å². The van der Waals surface area contributed by atoms with Gasteiger partial charge in [0.2, 0.25) is 5.39 Å². The zero-order chi connectivity index (χ0) is 8.43. The highest BCUT2D eigenvalue weighted by Gasteiger charge is 2.12. The molecule has 0 unspecified atom stereocenters. The Morgan fingerprint density at radius 2 is 2.18 bits per heavy atom. The molecule has 1 aromatic heterocycles. The largest absolute Gasteiger partial charge is 0.854 e. The van der Waals surface area contributed by atoms with Gasteiger partial charge in [-0.3, -0.25) is 9.78 Å². The maximum absolute atomic E-state index is 10.7. The van der Waals surface area contributed by atoms with Gasteiger partial charge in [-0.1, -0.05) is 0 Å². The predicted molar refractivity (Wildman–Crippen MR) is 36.4 cm³/mol. The minimum atomic E-state index is -0.804. The first-order valence-electron chi connectivity index (χ1n) is 2.54. The molecule has 6 nitrogen and oxygen atoms in total. The molecule has 0 spiro atoms. The summed E-state index contributed by atoms with van der Waals surface area (Å²) in [5.74, 6) is -0.804. The van der Waals surface area contributed by atoms with E-state index in [1.807, 2.05) is 0 Å². The van der Waals surface area contributed by atoms with Gasteiger partial charge in [0, 0.05) is 0 Å². The zero-order valence-electron chi connectivity index (χ0n) is 5.12. The van der Waals surface area contributed by atoms with E-state index in [4.69, 9.17) is 5.39 Å². The van der Waals surface area contributed by atoms with E-state index >= 15 is 0 Å². The molecule has 0 radical (unpaired) electrons. The summed E-state index contributed by atoms with van der Waals surface area (Å²) in [6.07, 6.45) is 0. The van der Waals surface area contributed by atoms with Crippen LogP contribution in [0.15, 0.2) is 4.79 Å².